The Kier molecular flexibility index (Phi) is 5.48. The fraction of sp³-hybridized carbons (Fsp3) is 0.412. The van der Waals surface area contributed by atoms with Crippen molar-refractivity contribution >= 4 is 15.9 Å². The molecule has 0 saturated carbocycles. The van der Waals surface area contributed by atoms with Gasteiger partial charge < -0.3 is 5.73 Å². The quantitative estimate of drug-likeness (QED) is 0.899. The van der Waals surface area contributed by atoms with E-state index in [1.165, 1.54) is 11.1 Å². The zero-order chi connectivity index (χ0) is 15.4. The molecule has 0 fully saturated rings. The molecule has 3 nitrogen and oxygen atoms in total. The molecular formula is C17H22BrN3. The van der Waals surface area contributed by atoms with Gasteiger partial charge in [0.2, 0.25) is 0 Å². The third kappa shape index (κ3) is 4.35. The number of halogens is 1. The molecule has 0 saturated heterocycles. The van der Waals surface area contributed by atoms with E-state index in [0.717, 1.165) is 34.5 Å². The maximum absolute atomic E-state index is 5.72. The van der Waals surface area contributed by atoms with Gasteiger partial charge in [-0.3, -0.25) is 0 Å². The molecule has 21 heavy (non-hydrogen) atoms. The molecular weight excluding hydrogens is 326 g/mol. The molecule has 2 N–H and O–H groups in total. The minimum atomic E-state index is 0.460. The zero-order valence-corrected chi connectivity index (χ0v) is 14.4. The van der Waals surface area contributed by atoms with E-state index in [2.05, 4.69) is 58.8 Å². The molecule has 1 heterocycles. The summed E-state index contributed by atoms with van der Waals surface area (Å²) in [5, 5.41) is 0. The first-order chi connectivity index (χ1) is 9.99. The largest absolute Gasteiger partial charge is 0.330 e. The van der Waals surface area contributed by atoms with Crippen molar-refractivity contribution in [1.82, 2.24) is 9.97 Å². The molecule has 0 aliphatic carbocycles. The van der Waals surface area contributed by atoms with E-state index in [-0.39, 0.29) is 0 Å². The van der Waals surface area contributed by atoms with Crippen LogP contribution in [0.5, 0.6) is 0 Å². The molecule has 2 aromatic rings. The zero-order valence-electron chi connectivity index (χ0n) is 12.9. The first-order valence-corrected chi connectivity index (χ1v) is 8.06. The average Bonchev–Trinajstić information content (AvgIpc) is 2.42. The predicted molar refractivity (Wildman–Crippen MR) is 90.4 cm³/mol. The predicted octanol–water partition coefficient (Wildman–Crippen LogP) is 3.58. The normalized spacial score (nSPS) is 12.4. The van der Waals surface area contributed by atoms with Gasteiger partial charge in [0.15, 0.2) is 0 Å². The number of aromatic nitrogens is 2. The van der Waals surface area contributed by atoms with E-state index < -0.39 is 0 Å². The number of rotatable bonds is 5. The van der Waals surface area contributed by atoms with E-state index in [4.69, 9.17) is 5.73 Å². The highest BCUT2D eigenvalue weighted by molar-refractivity contribution is 9.10. The number of hydrogen-bond donors (Lipinski definition) is 1. The topological polar surface area (TPSA) is 51.8 Å². The van der Waals surface area contributed by atoms with Gasteiger partial charge in [-0.1, -0.05) is 35.0 Å². The lowest BCUT2D eigenvalue weighted by atomic mass is 9.99. The fourth-order valence-corrected chi connectivity index (χ4v) is 2.89. The third-order valence-electron chi connectivity index (χ3n) is 3.67. The monoisotopic (exact) mass is 347 g/mol. The van der Waals surface area contributed by atoms with Crippen LogP contribution in [-0.4, -0.2) is 16.5 Å². The van der Waals surface area contributed by atoms with Gasteiger partial charge in [-0.2, -0.15) is 0 Å². The fourth-order valence-electron chi connectivity index (χ4n) is 2.44. The number of aryl methyl sites for hydroxylation is 2. The maximum Gasteiger partial charge on any atom is 0.133 e. The van der Waals surface area contributed by atoms with Crippen LogP contribution in [0.15, 0.2) is 28.7 Å². The molecule has 0 amide bonds. The van der Waals surface area contributed by atoms with Gasteiger partial charge in [-0.15, -0.1) is 0 Å². The smallest absolute Gasteiger partial charge is 0.133 e. The Morgan fingerprint density at radius 2 is 1.86 bits per heavy atom. The van der Waals surface area contributed by atoms with Crippen LogP contribution < -0.4 is 5.73 Å². The van der Waals surface area contributed by atoms with Crippen LogP contribution in [0, 0.1) is 19.8 Å². The van der Waals surface area contributed by atoms with Crippen LogP contribution in [0.25, 0.3) is 0 Å². The van der Waals surface area contributed by atoms with Crippen molar-refractivity contribution in [2.45, 2.75) is 33.6 Å². The van der Waals surface area contributed by atoms with E-state index >= 15 is 0 Å². The molecule has 1 aromatic carbocycles. The van der Waals surface area contributed by atoms with E-state index in [0.29, 0.717) is 12.5 Å². The van der Waals surface area contributed by atoms with Gasteiger partial charge in [-0.05, 0) is 56.0 Å². The third-order valence-corrected chi connectivity index (χ3v) is 4.17. The van der Waals surface area contributed by atoms with Gasteiger partial charge in [-0.25, -0.2) is 9.97 Å². The molecule has 0 bridgehead atoms. The molecule has 0 aliphatic rings. The average molecular weight is 348 g/mol. The summed E-state index contributed by atoms with van der Waals surface area (Å²) in [6, 6.07) is 8.27. The van der Waals surface area contributed by atoms with Crippen LogP contribution in [0.4, 0.5) is 0 Å². The summed E-state index contributed by atoms with van der Waals surface area (Å²) < 4.78 is 1.09. The summed E-state index contributed by atoms with van der Waals surface area (Å²) in [6.07, 6.45) is 1.71. The van der Waals surface area contributed by atoms with Crippen molar-refractivity contribution in [2.24, 2.45) is 11.7 Å². The molecule has 2 rings (SSSR count). The van der Waals surface area contributed by atoms with E-state index in [1.54, 1.807) is 0 Å². The molecule has 0 radical (unpaired) electrons. The van der Waals surface area contributed by atoms with Crippen molar-refractivity contribution in [3.8, 4) is 0 Å². The summed E-state index contributed by atoms with van der Waals surface area (Å²) >= 11 is 3.50. The standard InChI is InChI=1S/C17H22BrN3/c1-11(10-19)7-16-12(2)20-17(21-13(16)3)9-14-5-4-6-15(18)8-14/h4-6,8,11H,7,9-10,19H2,1-3H3. The Hall–Kier alpha value is -1.26. The highest BCUT2D eigenvalue weighted by Gasteiger charge is 2.12. The lowest BCUT2D eigenvalue weighted by molar-refractivity contribution is 0.584. The Balaban J connectivity index is 2.23. The summed E-state index contributed by atoms with van der Waals surface area (Å²) in [4.78, 5) is 9.36. The summed E-state index contributed by atoms with van der Waals surface area (Å²) in [6.45, 7) is 6.99. The number of nitrogens with two attached hydrogens (primary N) is 1. The lowest BCUT2D eigenvalue weighted by Crippen LogP contribution is -2.16. The molecule has 0 aliphatic heterocycles. The first kappa shape index (κ1) is 16.1. The van der Waals surface area contributed by atoms with E-state index in [9.17, 15) is 0 Å². The SMILES string of the molecule is Cc1nc(Cc2cccc(Br)c2)nc(C)c1CC(C)CN. The van der Waals surface area contributed by atoms with Crippen LogP contribution in [0.2, 0.25) is 0 Å². The maximum atomic E-state index is 5.72. The summed E-state index contributed by atoms with van der Waals surface area (Å²) in [5.74, 6) is 1.34. The Morgan fingerprint density at radius 1 is 1.19 bits per heavy atom. The molecule has 1 aromatic heterocycles. The van der Waals surface area contributed by atoms with Crippen molar-refractivity contribution in [3.05, 3.63) is 57.1 Å². The number of hydrogen-bond acceptors (Lipinski definition) is 3. The Morgan fingerprint density at radius 3 is 2.43 bits per heavy atom. The molecule has 112 valence electrons. The lowest BCUT2D eigenvalue weighted by Gasteiger charge is -2.14. The summed E-state index contributed by atoms with van der Waals surface area (Å²) in [5.41, 5.74) is 10.3. The van der Waals surface area contributed by atoms with Gasteiger partial charge in [0, 0.05) is 22.3 Å². The van der Waals surface area contributed by atoms with Crippen LogP contribution >= 0.6 is 15.9 Å². The van der Waals surface area contributed by atoms with Crippen molar-refractivity contribution in [3.63, 3.8) is 0 Å². The second-order valence-corrected chi connectivity index (χ2v) is 6.56. The van der Waals surface area contributed by atoms with Crippen molar-refractivity contribution < 1.29 is 0 Å². The highest BCUT2D eigenvalue weighted by Crippen LogP contribution is 2.18. The van der Waals surface area contributed by atoms with Crippen molar-refractivity contribution in [2.75, 3.05) is 6.54 Å². The van der Waals surface area contributed by atoms with Crippen LogP contribution in [0.3, 0.4) is 0 Å². The number of benzene rings is 1. The second-order valence-electron chi connectivity index (χ2n) is 5.64. The number of nitrogens with zero attached hydrogens (tertiary/aromatic N) is 2. The van der Waals surface area contributed by atoms with Gasteiger partial charge in [0.1, 0.15) is 5.82 Å². The van der Waals surface area contributed by atoms with Gasteiger partial charge in [0.25, 0.3) is 0 Å². The van der Waals surface area contributed by atoms with E-state index in [1.807, 2.05) is 12.1 Å². The molecule has 1 unspecified atom stereocenters. The van der Waals surface area contributed by atoms with Crippen LogP contribution in [-0.2, 0) is 12.8 Å². The Labute approximate surface area is 135 Å². The first-order valence-electron chi connectivity index (χ1n) is 7.27. The Bertz CT molecular complexity index is 602. The highest BCUT2D eigenvalue weighted by atomic mass is 79.9. The minimum Gasteiger partial charge on any atom is -0.330 e. The van der Waals surface area contributed by atoms with Gasteiger partial charge >= 0.3 is 0 Å². The van der Waals surface area contributed by atoms with Gasteiger partial charge in [0.05, 0.1) is 0 Å². The minimum absolute atomic E-state index is 0.460. The van der Waals surface area contributed by atoms with Crippen molar-refractivity contribution in [1.29, 1.82) is 0 Å². The molecule has 4 heteroatoms. The molecule has 1 atom stereocenters. The summed E-state index contributed by atoms with van der Waals surface area (Å²) in [7, 11) is 0. The molecule has 0 spiro atoms. The second kappa shape index (κ2) is 7.14. The van der Waals surface area contributed by atoms with Crippen LogP contribution in [0.1, 0.15) is 35.3 Å².